The molecule has 36 heavy (non-hydrogen) atoms. The molecule has 190 valence electrons. The van der Waals surface area contributed by atoms with Crippen LogP contribution in [0, 0.1) is 12.8 Å². The zero-order chi connectivity index (χ0) is 24.8. The number of carbonyl (C=O) groups is 1. The molecule has 0 aliphatic carbocycles. The van der Waals surface area contributed by atoms with Crippen LogP contribution in [0.4, 0.5) is 0 Å². The highest BCUT2D eigenvalue weighted by Crippen LogP contribution is 2.40. The van der Waals surface area contributed by atoms with Crippen LogP contribution < -0.4 is 0 Å². The SMILES string of the molecule is Cc1ccc2nc(C[N+]34CCC(CC3)[C@@H](OC(=O)[C@@](C)(c3ccccc3)N3CCCCC3)C4)oc2c1. The molecule has 0 radical (unpaired) electrons. The fourth-order valence-corrected chi connectivity index (χ4v) is 6.80. The van der Waals surface area contributed by atoms with Crippen molar-refractivity contribution < 1.29 is 18.4 Å². The van der Waals surface area contributed by atoms with E-state index in [1.54, 1.807) is 0 Å². The Hall–Kier alpha value is -2.70. The van der Waals surface area contributed by atoms with E-state index in [1.165, 1.54) is 12.0 Å². The Labute approximate surface area is 213 Å². The van der Waals surface area contributed by atoms with Crippen LogP contribution in [-0.2, 0) is 21.6 Å². The Morgan fingerprint density at radius 3 is 2.61 bits per heavy atom. The first-order valence-electron chi connectivity index (χ1n) is 13.7. The van der Waals surface area contributed by atoms with Gasteiger partial charge in [-0.15, -0.1) is 0 Å². The van der Waals surface area contributed by atoms with Crippen LogP contribution in [0.15, 0.2) is 52.9 Å². The lowest BCUT2D eigenvalue weighted by Crippen LogP contribution is -2.64. The van der Waals surface area contributed by atoms with Gasteiger partial charge in [-0.3, -0.25) is 4.90 Å². The molecule has 4 aliphatic heterocycles. The summed E-state index contributed by atoms with van der Waals surface area (Å²) in [5, 5.41) is 0. The monoisotopic (exact) mass is 488 g/mol. The molecule has 4 fully saturated rings. The molecule has 4 saturated heterocycles. The van der Waals surface area contributed by atoms with Crippen LogP contribution in [-0.4, -0.2) is 59.2 Å². The van der Waals surface area contributed by atoms with E-state index in [4.69, 9.17) is 14.1 Å². The lowest BCUT2D eigenvalue weighted by Gasteiger charge is -2.52. The van der Waals surface area contributed by atoms with Gasteiger partial charge in [-0.25, -0.2) is 9.78 Å². The highest BCUT2D eigenvalue weighted by atomic mass is 16.5. The molecular formula is C30H38N3O3+. The quantitative estimate of drug-likeness (QED) is 0.353. The summed E-state index contributed by atoms with van der Waals surface area (Å²) in [6, 6.07) is 16.4. The molecule has 0 saturated carbocycles. The van der Waals surface area contributed by atoms with E-state index >= 15 is 0 Å². The molecule has 0 spiro atoms. The first-order chi connectivity index (χ1) is 17.5. The molecule has 5 heterocycles. The first-order valence-corrected chi connectivity index (χ1v) is 13.7. The van der Waals surface area contributed by atoms with Gasteiger partial charge in [0, 0.05) is 18.8 Å². The first kappa shape index (κ1) is 23.7. The van der Waals surface area contributed by atoms with E-state index in [0.717, 1.165) is 92.0 Å². The Bertz CT molecular complexity index is 1220. The van der Waals surface area contributed by atoms with Gasteiger partial charge >= 0.3 is 5.97 Å². The molecule has 2 bridgehead atoms. The molecule has 4 aliphatic rings. The molecule has 6 nitrogen and oxygen atoms in total. The minimum absolute atomic E-state index is 0.0561. The molecule has 3 aromatic rings. The second-order valence-electron chi connectivity index (χ2n) is 11.5. The smallest absolute Gasteiger partial charge is 0.331 e. The number of likely N-dealkylation sites (tertiary alicyclic amines) is 1. The highest BCUT2D eigenvalue weighted by molar-refractivity contribution is 5.82. The number of nitrogens with zero attached hydrogens (tertiary/aromatic N) is 3. The van der Waals surface area contributed by atoms with Gasteiger partial charge in [0.2, 0.25) is 0 Å². The zero-order valence-electron chi connectivity index (χ0n) is 21.6. The average molecular weight is 489 g/mol. The topological polar surface area (TPSA) is 55.6 Å². The van der Waals surface area contributed by atoms with Crippen molar-refractivity contribution in [3.8, 4) is 0 Å². The van der Waals surface area contributed by atoms with Crippen LogP contribution in [0.25, 0.3) is 11.1 Å². The Morgan fingerprint density at radius 1 is 1.11 bits per heavy atom. The van der Waals surface area contributed by atoms with Crippen molar-refractivity contribution in [2.75, 3.05) is 32.7 Å². The third-order valence-corrected chi connectivity index (χ3v) is 9.08. The summed E-state index contributed by atoms with van der Waals surface area (Å²) in [6.07, 6.45) is 5.61. The number of hydrogen-bond donors (Lipinski definition) is 0. The van der Waals surface area contributed by atoms with Crippen molar-refractivity contribution in [3.63, 3.8) is 0 Å². The van der Waals surface area contributed by atoms with E-state index in [0.29, 0.717) is 5.92 Å². The maximum Gasteiger partial charge on any atom is 0.331 e. The molecule has 1 aromatic heterocycles. The number of oxazole rings is 1. The van der Waals surface area contributed by atoms with E-state index in [9.17, 15) is 4.79 Å². The van der Waals surface area contributed by atoms with Gasteiger partial charge in [0.1, 0.15) is 17.6 Å². The van der Waals surface area contributed by atoms with E-state index in [1.807, 2.05) is 24.3 Å². The largest absolute Gasteiger partial charge is 0.454 e. The van der Waals surface area contributed by atoms with Gasteiger partial charge in [-0.1, -0.05) is 42.8 Å². The van der Waals surface area contributed by atoms with Crippen LogP contribution in [0.3, 0.4) is 0 Å². The lowest BCUT2D eigenvalue weighted by molar-refractivity contribution is -0.959. The normalized spacial score (nSPS) is 28.2. The van der Waals surface area contributed by atoms with Crippen LogP contribution >= 0.6 is 0 Å². The molecule has 0 amide bonds. The fourth-order valence-electron chi connectivity index (χ4n) is 6.80. The predicted octanol–water partition coefficient (Wildman–Crippen LogP) is 5.19. The minimum atomic E-state index is -0.753. The number of benzene rings is 2. The van der Waals surface area contributed by atoms with Gasteiger partial charge in [0.25, 0.3) is 5.89 Å². The number of ether oxygens (including phenoxy) is 1. The summed E-state index contributed by atoms with van der Waals surface area (Å²) in [7, 11) is 0. The summed E-state index contributed by atoms with van der Waals surface area (Å²) in [5.74, 6) is 1.15. The molecule has 2 aromatic carbocycles. The molecular weight excluding hydrogens is 450 g/mol. The van der Waals surface area contributed by atoms with Gasteiger partial charge < -0.3 is 13.6 Å². The lowest BCUT2D eigenvalue weighted by atomic mass is 9.82. The number of esters is 1. The summed E-state index contributed by atoms with van der Waals surface area (Å²) in [6.45, 7) is 9.82. The molecule has 6 heteroatoms. The third-order valence-electron chi connectivity index (χ3n) is 9.08. The van der Waals surface area contributed by atoms with E-state index < -0.39 is 5.54 Å². The van der Waals surface area contributed by atoms with Crippen LogP contribution in [0.2, 0.25) is 0 Å². The Kier molecular flexibility index (Phi) is 6.12. The van der Waals surface area contributed by atoms with E-state index in [2.05, 4.69) is 43.0 Å². The van der Waals surface area contributed by atoms with Crippen molar-refractivity contribution in [3.05, 3.63) is 65.5 Å². The number of piperidine rings is 4. The summed E-state index contributed by atoms with van der Waals surface area (Å²) in [4.78, 5) is 21.2. The number of carbonyl (C=O) groups excluding carboxylic acids is 1. The number of quaternary nitrogens is 1. The van der Waals surface area contributed by atoms with Gasteiger partial charge in [0.05, 0.1) is 13.1 Å². The molecule has 0 unspecified atom stereocenters. The number of hydrogen-bond acceptors (Lipinski definition) is 5. The standard InChI is InChI=1S/C30H38N3O3/c1-22-11-12-25-26(19-22)35-28(31-25)21-33-17-13-23(14-18-33)27(20-33)36-29(34)30(2,24-9-5-3-6-10-24)32-15-7-4-8-16-32/h3,5-6,9-12,19,23,27H,4,7-8,13-18,20-21H2,1-2H3/q+1/t23?,27-,30+,33?/m0/s1. The van der Waals surface area contributed by atoms with Crippen LogP contribution in [0.1, 0.15) is 56.0 Å². The second kappa shape index (κ2) is 9.31. The Balaban J connectivity index is 1.22. The third kappa shape index (κ3) is 4.24. The number of rotatable bonds is 6. The van der Waals surface area contributed by atoms with Gasteiger partial charge in [-0.05, 0) is 63.0 Å². The number of aryl methyl sites for hydroxylation is 1. The van der Waals surface area contributed by atoms with Crippen molar-refractivity contribution in [2.24, 2.45) is 5.92 Å². The molecule has 2 atom stereocenters. The van der Waals surface area contributed by atoms with Crippen molar-refractivity contribution >= 4 is 17.1 Å². The number of aromatic nitrogens is 1. The summed E-state index contributed by atoms with van der Waals surface area (Å²) < 4.78 is 13.5. The summed E-state index contributed by atoms with van der Waals surface area (Å²) in [5.41, 5.74) is 3.24. The van der Waals surface area contributed by atoms with E-state index in [-0.39, 0.29) is 12.1 Å². The highest BCUT2D eigenvalue weighted by Gasteiger charge is 2.51. The average Bonchev–Trinajstić information content (AvgIpc) is 3.30. The van der Waals surface area contributed by atoms with Crippen LogP contribution in [0.5, 0.6) is 0 Å². The Morgan fingerprint density at radius 2 is 1.86 bits per heavy atom. The second-order valence-corrected chi connectivity index (χ2v) is 11.5. The molecule has 7 rings (SSSR count). The van der Waals surface area contributed by atoms with Crippen molar-refractivity contribution in [1.82, 2.24) is 9.88 Å². The minimum Gasteiger partial charge on any atom is -0.454 e. The zero-order valence-corrected chi connectivity index (χ0v) is 21.6. The van der Waals surface area contributed by atoms with Gasteiger partial charge in [-0.2, -0.15) is 0 Å². The summed E-state index contributed by atoms with van der Waals surface area (Å²) >= 11 is 0. The fraction of sp³-hybridized carbons (Fsp3) is 0.533. The van der Waals surface area contributed by atoms with Crippen molar-refractivity contribution in [1.29, 1.82) is 0 Å². The number of fused-ring (bicyclic) bond motifs is 4. The maximum absolute atomic E-state index is 14.0. The maximum atomic E-state index is 14.0. The predicted molar refractivity (Wildman–Crippen MR) is 139 cm³/mol. The molecule has 0 N–H and O–H groups in total. The van der Waals surface area contributed by atoms with Crippen molar-refractivity contribution in [2.45, 2.75) is 64.1 Å². The van der Waals surface area contributed by atoms with Gasteiger partial charge in [0.15, 0.2) is 18.2 Å².